The van der Waals surface area contributed by atoms with Gasteiger partial charge in [-0.25, -0.2) is 0 Å². The van der Waals surface area contributed by atoms with Crippen molar-refractivity contribution in [2.45, 2.75) is 51.2 Å². The lowest BCUT2D eigenvalue weighted by atomic mass is 9.75. The lowest BCUT2D eigenvalue weighted by molar-refractivity contribution is -0.105. The molecule has 3 nitrogen and oxygen atoms in total. The number of rotatable bonds is 4. The van der Waals surface area contributed by atoms with Crippen LogP contribution in [-0.2, 0) is 0 Å². The summed E-state index contributed by atoms with van der Waals surface area (Å²) in [7, 11) is 0. The van der Waals surface area contributed by atoms with E-state index in [-0.39, 0.29) is 0 Å². The second-order valence-electron chi connectivity index (χ2n) is 5.69. The van der Waals surface area contributed by atoms with Crippen LogP contribution in [0.5, 0.6) is 5.75 Å². The highest BCUT2D eigenvalue weighted by Gasteiger charge is 2.39. The van der Waals surface area contributed by atoms with Crippen molar-refractivity contribution in [2.75, 3.05) is 6.61 Å². The fourth-order valence-corrected chi connectivity index (χ4v) is 2.76. The molecular weight excluding hydrogens is 240 g/mol. The normalized spacial score (nSPS) is 28.9. The second-order valence-corrected chi connectivity index (χ2v) is 5.69. The summed E-state index contributed by atoms with van der Waals surface area (Å²) < 4.78 is 5.38. The van der Waals surface area contributed by atoms with Gasteiger partial charge in [-0.05, 0) is 56.2 Å². The monoisotopic (exact) mass is 264 g/mol. The third-order valence-corrected chi connectivity index (χ3v) is 4.16. The van der Waals surface area contributed by atoms with Crippen molar-refractivity contribution >= 4 is 0 Å². The van der Waals surface area contributed by atoms with E-state index in [1.54, 1.807) is 0 Å². The largest absolute Gasteiger partial charge is 0.494 e. The minimum absolute atomic E-state index is 0.629. The van der Waals surface area contributed by atoms with E-state index >= 15 is 0 Å². The Morgan fingerprint density at radius 1 is 1.26 bits per heavy atom. The highest BCUT2D eigenvalue weighted by atomic mass is 16.5. The van der Waals surface area contributed by atoms with E-state index in [0.29, 0.717) is 25.4 Å². The summed E-state index contributed by atoms with van der Waals surface area (Å²) >= 11 is 0. The van der Waals surface area contributed by atoms with E-state index in [1.165, 1.54) is 0 Å². The molecule has 1 fully saturated rings. The average molecular weight is 264 g/mol. The first-order valence-corrected chi connectivity index (χ1v) is 7.18. The molecule has 1 unspecified atom stereocenters. The Morgan fingerprint density at radius 3 is 2.37 bits per heavy atom. The molecule has 1 saturated carbocycles. The lowest BCUT2D eigenvalue weighted by Crippen LogP contribution is -2.39. The fraction of sp³-hybridized carbons (Fsp3) is 0.625. The van der Waals surface area contributed by atoms with Crippen molar-refractivity contribution in [3.05, 3.63) is 29.8 Å². The maximum absolute atomic E-state index is 10.6. The van der Waals surface area contributed by atoms with Crippen LogP contribution < -0.4 is 4.74 Å². The molecule has 0 aromatic heterocycles. The van der Waals surface area contributed by atoms with Crippen molar-refractivity contribution in [1.82, 2.24) is 0 Å². The molecule has 3 heteroatoms. The Kier molecular flexibility index (Phi) is 4.48. The van der Waals surface area contributed by atoms with Gasteiger partial charge in [-0.3, -0.25) is 0 Å². The zero-order valence-corrected chi connectivity index (χ0v) is 11.8. The first kappa shape index (κ1) is 14.4. The smallest absolute Gasteiger partial charge is 0.119 e. The van der Waals surface area contributed by atoms with Gasteiger partial charge in [0, 0.05) is 0 Å². The summed E-state index contributed by atoms with van der Waals surface area (Å²) in [4.78, 5) is 0. The van der Waals surface area contributed by atoms with Crippen LogP contribution >= 0.6 is 0 Å². The molecular formula is C16H24O3. The molecule has 0 aliphatic heterocycles. The second kappa shape index (κ2) is 5.93. The van der Waals surface area contributed by atoms with E-state index in [9.17, 15) is 10.2 Å². The quantitative estimate of drug-likeness (QED) is 0.878. The Hall–Kier alpha value is -1.06. The van der Waals surface area contributed by atoms with E-state index < -0.39 is 11.7 Å². The zero-order valence-electron chi connectivity index (χ0n) is 11.8. The molecule has 0 bridgehead atoms. The molecule has 0 radical (unpaired) electrons. The van der Waals surface area contributed by atoms with E-state index in [0.717, 1.165) is 24.2 Å². The zero-order chi connectivity index (χ0) is 13.9. The molecule has 2 rings (SSSR count). The maximum atomic E-state index is 10.6. The minimum Gasteiger partial charge on any atom is -0.494 e. The standard InChI is InChI=1S/C16H24O3/c1-3-19-14-6-4-13(5-7-14)15(17)16(18)10-8-12(2)9-11-16/h4-7,12,15,17-18H,3,8-11H2,1-2H3. The molecule has 106 valence electrons. The predicted molar refractivity (Wildman–Crippen MR) is 75.2 cm³/mol. The molecule has 0 heterocycles. The molecule has 1 aromatic carbocycles. The minimum atomic E-state index is -0.973. The Bertz CT molecular complexity index is 391. The lowest BCUT2D eigenvalue weighted by Gasteiger charge is -2.38. The summed E-state index contributed by atoms with van der Waals surface area (Å²) in [5.41, 5.74) is -0.208. The molecule has 1 aliphatic rings. The average Bonchev–Trinajstić information content (AvgIpc) is 2.43. The molecule has 0 amide bonds. The van der Waals surface area contributed by atoms with Crippen LogP contribution in [-0.4, -0.2) is 22.4 Å². The number of ether oxygens (including phenoxy) is 1. The third-order valence-electron chi connectivity index (χ3n) is 4.16. The topological polar surface area (TPSA) is 49.7 Å². The van der Waals surface area contributed by atoms with Gasteiger partial charge in [0.1, 0.15) is 11.9 Å². The van der Waals surface area contributed by atoms with Gasteiger partial charge in [-0.1, -0.05) is 19.1 Å². The van der Waals surface area contributed by atoms with Crippen molar-refractivity contribution < 1.29 is 14.9 Å². The summed E-state index contributed by atoms with van der Waals surface area (Å²) in [6.07, 6.45) is 2.48. The van der Waals surface area contributed by atoms with Gasteiger partial charge in [-0.2, -0.15) is 0 Å². The highest BCUT2D eigenvalue weighted by Crippen LogP contribution is 2.40. The van der Waals surface area contributed by atoms with Crippen molar-refractivity contribution in [2.24, 2.45) is 5.92 Å². The maximum Gasteiger partial charge on any atom is 0.119 e. The van der Waals surface area contributed by atoms with Gasteiger partial charge in [0.2, 0.25) is 0 Å². The summed E-state index contributed by atoms with van der Waals surface area (Å²) in [5.74, 6) is 1.44. The molecule has 0 saturated heterocycles. The first-order chi connectivity index (χ1) is 9.05. The van der Waals surface area contributed by atoms with Gasteiger partial charge in [0.15, 0.2) is 0 Å². The summed E-state index contributed by atoms with van der Waals surface area (Å²) in [6.45, 7) is 4.77. The van der Waals surface area contributed by atoms with Crippen LogP contribution in [0.3, 0.4) is 0 Å². The molecule has 0 spiro atoms. The Balaban J connectivity index is 2.08. The summed E-state index contributed by atoms with van der Waals surface area (Å²) in [5, 5.41) is 21.0. The van der Waals surface area contributed by atoms with Gasteiger partial charge >= 0.3 is 0 Å². The van der Waals surface area contributed by atoms with Crippen LogP contribution in [0.15, 0.2) is 24.3 Å². The molecule has 1 aliphatic carbocycles. The van der Waals surface area contributed by atoms with Gasteiger partial charge < -0.3 is 14.9 Å². The fourth-order valence-electron chi connectivity index (χ4n) is 2.76. The van der Waals surface area contributed by atoms with Crippen molar-refractivity contribution in [1.29, 1.82) is 0 Å². The van der Waals surface area contributed by atoms with E-state index in [2.05, 4.69) is 6.92 Å². The highest BCUT2D eigenvalue weighted by molar-refractivity contribution is 5.29. The SMILES string of the molecule is CCOc1ccc(C(O)C2(O)CCC(C)CC2)cc1. The number of aliphatic hydroxyl groups excluding tert-OH is 1. The van der Waals surface area contributed by atoms with Crippen molar-refractivity contribution in [3.63, 3.8) is 0 Å². The number of hydrogen-bond acceptors (Lipinski definition) is 3. The molecule has 19 heavy (non-hydrogen) atoms. The first-order valence-electron chi connectivity index (χ1n) is 7.18. The van der Waals surface area contributed by atoms with Gasteiger partial charge in [-0.15, -0.1) is 0 Å². The Labute approximate surface area is 115 Å². The van der Waals surface area contributed by atoms with Crippen LogP contribution in [0.2, 0.25) is 0 Å². The Morgan fingerprint density at radius 2 is 1.84 bits per heavy atom. The van der Waals surface area contributed by atoms with Gasteiger partial charge in [0.05, 0.1) is 12.2 Å². The van der Waals surface area contributed by atoms with Gasteiger partial charge in [0.25, 0.3) is 0 Å². The van der Waals surface area contributed by atoms with Crippen LogP contribution in [0, 0.1) is 5.92 Å². The third kappa shape index (κ3) is 3.28. The predicted octanol–water partition coefficient (Wildman–Crippen LogP) is 3.06. The van der Waals surface area contributed by atoms with E-state index in [1.807, 2.05) is 31.2 Å². The van der Waals surface area contributed by atoms with Crippen LogP contribution in [0.1, 0.15) is 51.2 Å². The number of benzene rings is 1. The van der Waals surface area contributed by atoms with Crippen LogP contribution in [0.4, 0.5) is 0 Å². The molecule has 1 atom stereocenters. The molecule has 1 aromatic rings. The van der Waals surface area contributed by atoms with Crippen LogP contribution in [0.25, 0.3) is 0 Å². The number of hydrogen-bond donors (Lipinski definition) is 2. The van der Waals surface area contributed by atoms with Crippen molar-refractivity contribution in [3.8, 4) is 5.75 Å². The molecule has 2 N–H and O–H groups in total. The number of aliphatic hydroxyl groups is 2. The van der Waals surface area contributed by atoms with E-state index in [4.69, 9.17) is 4.74 Å². The summed E-state index contributed by atoms with van der Waals surface area (Å²) in [6, 6.07) is 7.37.